The molecule has 0 aliphatic carbocycles. The van der Waals surface area contributed by atoms with Gasteiger partial charge in [-0.2, -0.15) is 8.42 Å². The largest absolute Gasteiger partial charge is 0 e. The van der Waals surface area contributed by atoms with Gasteiger partial charge in [-0.1, -0.05) is 0 Å². The fourth-order valence-corrected chi connectivity index (χ4v) is 0. The number of hydrogen-bond donors (Lipinski definition) is 2. The fraction of sp³-hybridized carbons (Fsp3) is 0. The van der Waals surface area contributed by atoms with Crippen LogP contribution < -0.4 is 0 Å². The molecule has 0 bridgehead atoms. The molecule has 0 heterocycles. The predicted octanol–water partition coefficient (Wildman–Crippen LogP) is -1.30. The van der Waals surface area contributed by atoms with E-state index in [1.54, 1.807) is 0 Å². The quantitative estimate of drug-likeness (QED) is 0.370. The molecule has 0 atom stereocenters. The molecule has 1 radical (unpaired) electrons. The first-order valence-corrected chi connectivity index (χ1v) is 2.10. The maximum absolute atomic E-state index is 8.74. The molecule has 0 amide bonds. The molecule has 0 spiro atoms. The van der Waals surface area contributed by atoms with Crippen LogP contribution in [0.5, 0.6) is 0 Å². The first-order chi connectivity index (χ1) is 2.00. The topological polar surface area (TPSA) is 74.6 Å². The van der Waals surface area contributed by atoms with Gasteiger partial charge in [0.15, 0.2) is 0 Å². The summed E-state index contributed by atoms with van der Waals surface area (Å²) in [7, 11) is -4.67. The van der Waals surface area contributed by atoms with E-state index in [1.165, 1.54) is 0 Å². The Morgan fingerprint density at radius 2 is 1.14 bits per heavy atom. The molecule has 0 unspecified atom stereocenters. The summed E-state index contributed by atoms with van der Waals surface area (Å²) in [6, 6.07) is 0. The second-order valence-corrected chi connectivity index (χ2v) is 1.34. The fourth-order valence-electron chi connectivity index (χ4n) is 0. The van der Waals surface area contributed by atoms with E-state index in [0.29, 0.717) is 0 Å². The second-order valence-electron chi connectivity index (χ2n) is 0.448. The van der Waals surface area contributed by atoms with Gasteiger partial charge in [-0.3, -0.25) is 9.11 Å². The molecule has 0 rings (SSSR count). The summed E-state index contributed by atoms with van der Waals surface area (Å²) in [4.78, 5) is 0. The van der Waals surface area contributed by atoms with Crippen LogP contribution in [0.2, 0.25) is 0 Å². The summed E-state index contributed by atoms with van der Waals surface area (Å²) in [5.41, 5.74) is 0. The Balaban J connectivity index is -0.0000000800. The van der Waals surface area contributed by atoms with E-state index in [0.717, 1.165) is 0 Å². The van der Waals surface area contributed by atoms with Crippen molar-refractivity contribution in [1.82, 2.24) is 0 Å². The zero-order valence-electron chi connectivity index (χ0n) is 2.50. The van der Waals surface area contributed by atoms with Crippen LogP contribution in [0.3, 0.4) is 0 Å². The molecule has 0 aromatic carbocycles. The minimum atomic E-state index is -4.67. The zero-order valence-corrected chi connectivity index (χ0v) is 4.49. The van der Waals surface area contributed by atoms with Gasteiger partial charge in [0.2, 0.25) is 0 Å². The normalized spacial score (nSPS) is 8.29. The Kier molecular flexibility index (Phi) is 14.1. The first-order valence-electron chi connectivity index (χ1n) is 0.698. The van der Waals surface area contributed by atoms with Crippen LogP contribution >= 0.6 is 0 Å². The first kappa shape index (κ1) is 16.0. The van der Waals surface area contributed by atoms with E-state index in [-0.39, 0.29) is 68.5 Å². The van der Waals surface area contributed by atoms with Crippen LogP contribution in [-0.4, -0.2) is 68.9 Å². The average molecular weight is 193 g/mol. The molecular weight excluding hydrogens is 190 g/mol. The molecule has 0 aromatic heterocycles. The average Bonchev–Trinajstić information content (AvgIpc) is 0.722. The Bertz CT molecular complexity index is 94.9. The molecule has 0 saturated heterocycles. The third-order valence-electron chi connectivity index (χ3n) is 0. The SMILES string of the molecule is O=S(=O)(O)O.[KH].[Mn]. The van der Waals surface area contributed by atoms with Gasteiger partial charge in [0, 0.05) is 17.1 Å². The third-order valence-corrected chi connectivity index (χ3v) is 0. The van der Waals surface area contributed by atoms with Crippen LogP contribution in [0, 0.1) is 0 Å². The molecule has 7 heavy (non-hydrogen) atoms. The molecule has 2 N–H and O–H groups in total. The summed E-state index contributed by atoms with van der Waals surface area (Å²) in [5.74, 6) is 0. The Hall–Kier alpha value is 2.03. The van der Waals surface area contributed by atoms with Crippen molar-refractivity contribution >= 4 is 61.8 Å². The molecule has 7 heteroatoms. The van der Waals surface area contributed by atoms with Gasteiger partial charge in [-0.15, -0.1) is 0 Å². The van der Waals surface area contributed by atoms with E-state index in [2.05, 4.69) is 0 Å². The standard InChI is InChI=1S/K.Mn.H2O4S.H/c;;1-5(2,3)4;/h;;(H2,1,2,3,4);. The molecule has 0 aliphatic heterocycles. The van der Waals surface area contributed by atoms with Gasteiger partial charge >= 0.3 is 61.8 Å². The van der Waals surface area contributed by atoms with Gasteiger partial charge in [0.05, 0.1) is 0 Å². The molecule has 0 saturated carbocycles. The summed E-state index contributed by atoms with van der Waals surface area (Å²) in [6.07, 6.45) is 0. The number of rotatable bonds is 0. The smallest absolute Gasteiger partial charge is 0 e. The van der Waals surface area contributed by atoms with Crippen molar-refractivity contribution in [3.05, 3.63) is 0 Å². The number of hydrogen-bond acceptors (Lipinski definition) is 2. The molecule has 0 aliphatic rings. The van der Waals surface area contributed by atoms with Crippen LogP contribution in [0.15, 0.2) is 0 Å². The van der Waals surface area contributed by atoms with Crippen molar-refractivity contribution in [3.8, 4) is 0 Å². The van der Waals surface area contributed by atoms with Crippen molar-refractivity contribution in [1.29, 1.82) is 0 Å². The van der Waals surface area contributed by atoms with E-state index < -0.39 is 10.4 Å². The van der Waals surface area contributed by atoms with Crippen molar-refractivity contribution in [3.63, 3.8) is 0 Å². The third kappa shape index (κ3) is 71.0. The van der Waals surface area contributed by atoms with Crippen molar-refractivity contribution in [2.24, 2.45) is 0 Å². The van der Waals surface area contributed by atoms with E-state index in [1.807, 2.05) is 0 Å². The maximum atomic E-state index is 8.74. The summed E-state index contributed by atoms with van der Waals surface area (Å²) in [5, 5.41) is 0. The van der Waals surface area contributed by atoms with Gasteiger partial charge in [-0.05, 0) is 0 Å². The molecule has 41 valence electrons. The van der Waals surface area contributed by atoms with Crippen molar-refractivity contribution in [2.75, 3.05) is 0 Å². The van der Waals surface area contributed by atoms with Crippen molar-refractivity contribution in [2.45, 2.75) is 0 Å². The summed E-state index contributed by atoms with van der Waals surface area (Å²) < 4.78 is 31.6. The minimum Gasteiger partial charge on any atom is 0 e. The van der Waals surface area contributed by atoms with Crippen LogP contribution in [-0.2, 0) is 27.5 Å². The minimum absolute atomic E-state index is 0. The maximum Gasteiger partial charge on any atom is 0 e. The van der Waals surface area contributed by atoms with E-state index in [9.17, 15) is 0 Å². The Labute approximate surface area is 94.5 Å². The van der Waals surface area contributed by atoms with Crippen LogP contribution in [0.1, 0.15) is 0 Å². The Morgan fingerprint density at radius 3 is 1.14 bits per heavy atom. The van der Waals surface area contributed by atoms with Gasteiger partial charge in [0.1, 0.15) is 0 Å². The van der Waals surface area contributed by atoms with Gasteiger partial charge < -0.3 is 0 Å². The molecule has 0 fully saturated rings. The summed E-state index contributed by atoms with van der Waals surface area (Å²) in [6.45, 7) is 0. The zero-order chi connectivity index (χ0) is 4.50. The van der Waals surface area contributed by atoms with E-state index >= 15 is 0 Å². The van der Waals surface area contributed by atoms with Crippen LogP contribution in [0.4, 0.5) is 0 Å². The molecule has 0 aromatic rings. The molecular formula is H3KMnO4S. The second kappa shape index (κ2) is 6.15. The van der Waals surface area contributed by atoms with E-state index in [4.69, 9.17) is 17.5 Å². The van der Waals surface area contributed by atoms with Gasteiger partial charge in [-0.25, -0.2) is 0 Å². The van der Waals surface area contributed by atoms with Crippen molar-refractivity contribution < 1.29 is 34.6 Å². The monoisotopic (exact) mass is 193 g/mol. The summed E-state index contributed by atoms with van der Waals surface area (Å²) >= 11 is 0. The molecule has 4 nitrogen and oxygen atoms in total. The predicted molar refractivity (Wildman–Crippen MR) is 21.3 cm³/mol. The Morgan fingerprint density at radius 1 is 1.14 bits per heavy atom. The van der Waals surface area contributed by atoms with Crippen LogP contribution in [0.25, 0.3) is 0 Å². The van der Waals surface area contributed by atoms with Gasteiger partial charge in [0.25, 0.3) is 0 Å².